The molecule has 21 heavy (non-hydrogen) atoms. The SMILES string of the molecule is NCc1ccc(C(O)CN2CCN3C(=O)CCC3C2)cc1. The second-order valence-corrected chi connectivity index (χ2v) is 6.00. The van der Waals surface area contributed by atoms with Crippen LogP contribution >= 0.6 is 0 Å². The highest BCUT2D eigenvalue weighted by molar-refractivity contribution is 5.78. The van der Waals surface area contributed by atoms with E-state index in [4.69, 9.17) is 5.73 Å². The largest absolute Gasteiger partial charge is 0.387 e. The number of hydrogen-bond acceptors (Lipinski definition) is 4. The van der Waals surface area contributed by atoms with Crippen LogP contribution in [0, 0.1) is 0 Å². The summed E-state index contributed by atoms with van der Waals surface area (Å²) in [7, 11) is 0. The van der Waals surface area contributed by atoms with Crippen LogP contribution in [0.5, 0.6) is 0 Å². The van der Waals surface area contributed by atoms with Gasteiger partial charge in [-0.05, 0) is 17.5 Å². The number of aliphatic hydroxyl groups excluding tert-OH is 1. The summed E-state index contributed by atoms with van der Waals surface area (Å²) in [5.41, 5.74) is 7.58. The zero-order valence-corrected chi connectivity index (χ0v) is 12.2. The number of nitrogens with zero attached hydrogens (tertiary/aromatic N) is 2. The molecule has 1 aromatic carbocycles. The van der Waals surface area contributed by atoms with Crippen LogP contribution in [-0.4, -0.2) is 53.0 Å². The fourth-order valence-electron chi connectivity index (χ4n) is 3.32. The number of rotatable bonds is 4. The summed E-state index contributed by atoms with van der Waals surface area (Å²) < 4.78 is 0. The van der Waals surface area contributed by atoms with E-state index in [1.165, 1.54) is 0 Å². The predicted molar refractivity (Wildman–Crippen MR) is 80.5 cm³/mol. The summed E-state index contributed by atoms with van der Waals surface area (Å²) in [4.78, 5) is 15.9. The van der Waals surface area contributed by atoms with Gasteiger partial charge in [-0.1, -0.05) is 24.3 Å². The van der Waals surface area contributed by atoms with Crippen LogP contribution in [0.25, 0.3) is 0 Å². The van der Waals surface area contributed by atoms with Crippen LogP contribution in [0.1, 0.15) is 30.1 Å². The lowest BCUT2D eigenvalue weighted by Crippen LogP contribution is -2.52. The van der Waals surface area contributed by atoms with Crippen molar-refractivity contribution in [2.45, 2.75) is 31.5 Å². The van der Waals surface area contributed by atoms with E-state index in [-0.39, 0.29) is 5.91 Å². The first-order valence-electron chi connectivity index (χ1n) is 7.66. The van der Waals surface area contributed by atoms with E-state index >= 15 is 0 Å². The van der Waals surface area contributed by atoms with Crippen molar-refractivity contribution < 1.29 is 9.90 Å². The molecule has 2 unspecified atom stereocenters. The molecule has 0 radical (unpaired) electrons. The topological polar surface area (TPSA) is 69.8 Å². The minimum Gasteiger partial charge on any atom is -0.387 e. The second-order valence-electron chi connectivity index (χ2n) is 6.00. The Hall–Kier alpha value is -1.43. The molecule has 1 amide bonds. The molecule has 0 aromatic heterocycles. The number of amides is 1. The first-order chi connectivity index (χ1) is 10.2. The van der Waals surface area contributed by atoms with Gasteiger partial charge >= 0.3 is 0 Å². The van der Waals surface area contributed by atoms with Crippen LogP contribution < -0.4 is 5.73 Å². The fraction of sp³-hybridized carbons (Fsp3) is 0.562. The molecule has 3 N–H and O–H groups in total. The first kappa shape index (κ1) is 14.5. The van der Waals surface area contributed by atoms with Crippen molar-refractivity contribution in [2.75, 3.05) is 26.2 Å². The Bertz CT molecular complexity index is 503. The predicted octanol–water partition coefficient (Wildman–Crippen LogP) is 0.485. The first-order valence-corrected chi connectivity index (χ1v) is 7.66. The van der Waals surface area contributed by atoms with E-state index in [9.17, 15) is 9.90 Å². The molecule has 5 heteroatoms. The summed E-state index contributed by atoms with van der Waals surface area (Å²) in [6.45, 7) is 3.67. The zero-order chi connectivity index (χ0) is 14.8. The molecule has 2 saturated heterocycles. The van der Waals surface area contributed by atoms with Gasteiger partial charge in [0.05, 0.1) is 6.10 Å². The van der Waals surface area contributed by atoms with E-state index in [0.29, 0.717) is 25.6 Å². The molecule has 0 spiro atoms. The average Bonchev–Trinajstić information content (AvgIpc) is 2.88. The normalized spacial score (nSPS) is 24.2. The maximum atomic E-state index is 11.7. The van der Waals surface area contributed by atoms with Crippen molar-refractivity contribution in [1.29, 1.82) is 0 Å². The summed E-state index contributed by atoms with van der Waals surface area (Å²) in [5, 5.41) is 10.4. The van der Waals surface area contributed by atoms with Gasteiger partial charge in [0, 0.05) is 45.2 Å². The van der Waals surface area contributed by atoms with Crippen molar-refractivity contribution in [2.24, 2.45) is 5.73 Å². The molecule has 5 nitrogen and oxygen atoms in total. The summed E-state index contributed by atoms with van der Waals surface area (Å²) in [6, 6.07) is 8.17. The minimum absolute atomic E-state index is 0.289. The zero-order valence-electron chi connectivity index (χ0n) is 12.2. The third kappa shape index (κ3) is 3.10. The molecule has 2 heterocycles. The van der Waals surface area contributed by atoms with E-state index in [0.717, 1.165) is 37.2 Å². The van der Waals surface area contributed by atoms with Crippen LogP contribution in [0.2, 0.25) is 0 Å². The highest BCUT2D eigenvalue weighted by Crippen LogP contribution is 2.24. The van der Waals surface area contributed by atoms with Crippen LogP contribution in [-0.2, 0) is 11.3 Å². The van der Waals surface area contributed by atoms with Crippen molar-refractivity contribution in [3.63, 3.8) is 0 Å². The lowest BCUT2D eigenvalue weighted by molar-refractivity contribution is -0.130. The maximum absolute atomic E-state index is 11.7. The van der Waals surface area contributed by atoms with E-state index in [1.807, 2.05) is 29.2 Å². The van der Waals surface area contributed by atoms with Gasteiger partial charge in [0.2, 0.25) is 5.91 Å². The van der Waals surface area contributed by atoms with Gasteiger partial charge in [-0.2, -0.15) is 0 Å². The smallest absolute Gasteiger partial charge is 0.222 e. The number of nitrogens with two attached hydrogens (primary N) is 1. The Kier molecular flexibility index (Phi) is 4.24. The van der Waals surface area contributed by atoms with Crippen molar-refractivity contribution in [3.8, 4) is 0 Å². The molecule has 0 bridgehead atoms. The van der Waals surface area contributed by atoms with Gasteiger partial charge in [-0.15, -0.1) is 0 Å². The van der Waals surface area contributed by atoms with Gasteiger partial charge in [0.25, 0.3) is 0 Å². The number of β-amino-alcohol motifs (C(OH)–C–C–N with tert-alkyl or cyclic N) is 1. The minimum atomic E-state index is -0.486. The number of hydrogen-bond donors (Lipinski definition) is 2. The molecule has 0 aliphatic carbocycles. The molecule has 1 aromatic rings. The van der Waals surface area contributed by atoms with Gasteiger partial charge in [0.1, 0.15) is 0 Å². The molecule has 3 rings (SSSR count). The molecule has 0 saturated carbocycles. The maximum Gasteiger partial charge on any atom is 0.222 e. The molecule has 114 valence electrons. The Labute approximate surface area is 125 Å². The average molecular weight is 289 g/mol. The van der Waals surface area contributed by atoms with Crippen molar-refractivity contribution in [1.82, 2.24) is 9.80 Å². The second kappa shape index (κ2) is 6.13. The standard InChI is InChI=1S/C16H23N3O2/c17-9-12-1-3-13(4-2-12)15(20)11-18-7-8-19-14(10-18)5-6-16(19)21/h1-4,14-15,20H,5-11,17H2. The molecule has 2 aliphatic rings. The molecule has 2 atom stereocenters. The lowest BCUT2D eigenvalue weighted by Gasteiger charge is -2.38. The number of piperazine rings is 1. The highest BCUT2D eigenvalue weighted by Gasteiger charge is 2.35. The molecule has 2 aliphatic heterocycles. The van der Waals surface area contributed by atoms with E-state index in [2.05, 4.69) is 4.90 Å². The lowest BCUT2D eigenvalue weighted by atomic mass is 10.1. The van der Waals surface area contributed by atoms with Gasteiger partial charge in [0.15, 0.2) is 0 Å². The van der Waals surface area contributed by atoms with Crippen molar-refractivity contribution in [3.05, 3.63) is 35.4 Å². The number of aliphatic hydroxyl groups is 1. The number of carbonyl (C=O) groups excluding carboxylic acids is 1. The molecular weight excluding hydrogens is 266 g/mol. The van der Waals surface area contributed by atoms with Crippen LogP contribution in [0.15, 0.2) is 24.3 Å². The van der Waals surface area contributed by atoms with E-state index < -0.39 is 6.10 Å². The summed E-state index contributed by atoms with van der Waals surface area (Å²) in [5.74, 6) is 0.289. The Morgan fingerprint density at radius 3 is 2.76 bits per heavy atom. The third-order valence-electron chi connectivity index (χ3n) is 4.61. The van der Waals surface area contributed by atoms with Crippen LogP contribution in [0.4, 0.5) is 0 Å². The number of benzene rings is 1. The van der Waals surface area contributed by atoms with Gasteiger partial charge in [-0.25, -0.2) is 0 Å². The van der Waals surface area contributed by atoms with Gasteiger partial charge in [-0.3, -0.25) is 9.69 Å². The van der Waals surface area contributed by atoms with E-state index in [1.54, 1.807) is 0 Å². The fourth-order valence-corrected chi connectivity index (χ4v) is 3.32. The Morgan fingerprint density at radius 2 is 2.05 bits per heavy atom. The molecular formula is C16H23N3O2. The quantitative estimate of drug-likeness (QED) is 0.846. The summed E-state index contributed by atoms with van der Waals surface area (Å²) >= 11 is 0. The Balaban J connectivity index is 1.57. The summed E-state index contributed by atoms with van der Waals surface area (Å²) in [6.07, 6.45) is 1.15. The molecule has 2 fully saturated rings. The van der Waals surface area contributed by atoms with Crippen molar-refractivity contribution >= 4 is 5.91 Å². The monoisotopic (exact) mass is 289 g/mol. The van der Waals surface area contributed by atoms with Crippen LogP contribution in [0.3, 0.4) is 0 Å². The number of fused-ring (bicyclic) bond motifs is 1. The Morgan fingerprint density at radius 1 is 1.29 bits per heavy atom. The number of carbonyl (C=O) groups is 1. The van der Waals surface area contributed by atoms with Gasteiger partial charge < -0.3 is 15.7 Å². The highest BCUT2D eigenvalue weighted by atomic mass is 16.3. The third-order valence-corrected chi connectivity index (χ3v) is 4.61.